The number of nitrogens with one attached hydrogen (secondary N) is 1. The second kappa shape index (κ2) is 9.28. The Morgan fingerprint density at radius 1 is 1.11 bits per heavy atom. The molecule has 0 fully saturated rings. The molecule has 0 spiro atoms. The average molecular weight is 391 g/mol. The summed E-state index contributed by atoms with van der Waals surface area (Å²) in [7, 11) is 2.98. The molecule has 2 aromatic carbocycles. The van der Waals surface area contributed by atoms with E-state index in [4.69, 9.17) is 21.1 Å². The molecular weight excluding hydrogens is 368 g/mol. The predicted molar refractivity (Wildman–Crippen MR) is 107 cm³/mol. The number of halogens is 1. The zero-order valence-corrected chi connectivity index (χ0v) is 16.6. The van der Waals surface area contributed by atoms with Crippen molar-refractivity contribution in [1.29, 1.82) is 0 Å². The first kappa shape index (κ1) is 20.6. The number of hydrogen-bond acceptors (Lipinski definition) is 4. The topological polar surface area (TPSA) is 67.9 Å². The molecule has 144 valence electrons. The summed E-state index contributed by atoms with van der Waals surface area (Å²) >= 11 is 6.12. The highest BCUT2D eigenvalue weighted by molar-refractivity contribution is 6.32. The number of para-hydroxylation sites is 1. The van der Waals surface area contributed by atoms with Crippen LogP contribution in [0.2, 0.25) is 5.02 Å². The zero-order valence-electron chi connectivity index (χ0n) is 15.8. The van der Waals surface area contributed by atoms with Gasteiger partial charge >= 0.3 is 0 Å². The first-order chi connectivity index (χ1) is 12.9. The molecule has 0 saturated carbocycles. The minimum Gasteiger partial charge on any atom is -0.495 e. The normalized spacial score (nSPS) is 10.3. The molecule has 0 aromatic heterocycles. The first-order valence-electron chi connectivity index (χ1n) is 8.42. The second-order valence-electron chi connectivity index (χ2n) is 5.94. The Kier molecular flexibility index (Phi) is 7.07. The van der Waals surface area contributed by atoms with Crippen LogP contribution in [0, 0.1) is 6.92 Å². The summed E-state index contributed by atoms with van der Waals surface area (Å²) in [5.41, 5.74) is 2.22. The van der Waals surface area contributed by atoms with Crippen molar-refractivity contribution in [3.8, 4) is 11.5 Å². The fraction of sp³-hybridized carbons (Fsp3) is 0.300. The van der Waals surface area contributed by atoms with Crippen molar-refractivity contribution in [3.05, 3.63) is 47.0 Å². The van der Waals surface area contributed by atoms with Crippen LogP contribution in [0.5, 0.6) is 11.5 Å². The average Bonchev–Trinajstić information content (AvgIpc) is 2.64. The lowest BCUT2D eigenvalue weighted by Gasteiger charge is -2.24. The molecule has 2 rings (SSSR count). The molecule has 27 heavy (non-hydrogen) atoms. The Morgan fingerprint density at radius 2 is 1.78 bits per heavy atom. The molecule has 0 bridgehead atoms. The van der Waals surface area contributed by atoms with Gasteiger partial charge in [0.1, 0.15) is 11.5 Å². The van der Waals surface area contributed by atoms with Crippen LogP contribution in [0.1, 0.15) is 18.9 Å². The third-order valence-corrected chi connectivity index (χ3v) is 4.40. The Morgan fingerprint density at radius 3 is 2.37 bits per heavy atom. The van der Waals surface area contributed by atoms with Gasteiger partial charge in [0.05, 0.1) is 24.9 Å². The minimum atomic E-state index is -0.221. The van der Waals surface area contributed by atoms with Gasteiger partial charge < -0.3 is 19.7 Å². The summed E-state index contributed by atoms with van der Waals surface area (Å²) < 4.78 is 10.6. The molecule has 7 heteroatoms. The largest absolute Gasteiger partial charge is 0.495 e. The van der Waals surface area contributed by atoms with E-state index in [0.717, 1.165) is 11.3 Å². The number of methoxy groups -OCH3 is 2. The third-order valence-electron chi connectivity index (χ3n) is 4.11. The maximum Gasteiger partial charge on any atom is 0.226 e. The number of ether oxygens (including phenoxy) is 2. The van der Waals surface area contributed by atoms with Gasteiger partial charge in [0, 0.05) is 37.7 Å². The van der Waals surface area contributed by atoms with Crippen LogP contribution in [-0.2, 0) is 9.59 Å². The Labute approximate surface area is 164 Å². The SMILES string of the molecule is COc1cc(N(CCC(=O)Nc2ccccc2C)C(C)=O)c(OC)cc1Cl. The molecule has 0 aliphatic rings. The number of benzene rings is 2. The van der Waals surface area contributed by atoms with Crippen LogP contribution >= 0.6 is 11.6 Å². The number of carbonyl (C=O) groups excluding carboxylic acids is 2. The van der Waals surface area contributed by atoms with Crippen molar-refractivity contribution >= 4 is 34.8 Å². The third kappa shape index (κ3) is 5.14. The molecule has 0 atom stereocenters. The molecule has 0 aliphatic carbocycles. The van der Waals surface area contributed by atoms with Gasteiger partial charge in [0.2, 0.25) is 11.8 Å². The van der Waals surface area contributed by atoms with E-state index in [2.05, 4.69) is 5.32 Å². The van der Waals surface area contributed by atoms with E-state index < -0.39 is 0 Å². The highest BCUT2D eigenvalue weighted by atomic mass is 35.5. The lowest BCUT2D eigenvalue weighted by molar-refractivity contribution is -0.117. The monoisotopic (exact) mass is 390 g/mol. The van der Waals surface area contributed by atoms with Crippen molar-refractivity contribution in [2.24, 2.45) is 0 Å². The molecule has 0 unspecified atom stereocenters. The Bertz CT molecular complexity index is 839. The number of anilines is 2. The van der Waals surface area contributed by atoms with Crippen LogP contribution in [-0.4, -0.2) is 32.6 Å². The predicted octanol–water partition coefficient (Wildman–Crippen LogP) is 4.05. The van der Waals surface area contributed by atoms with Crippen LogP contribution in [0.25, 0.3) is 0 Å². The van der Waals surface area contributed by atoms with Gasteiger partial charge in [0.15, 0.2) is 0 Å². The van der Waals surface area contributed by atoms with Gasteiger partial charge in [0.25, 0.3) is 0 Å². The van der Waals surface area contributed by atoms with Gasteiger partial charge in [-0.15, -0.1) is 0 Å². The highest BCUT2D eigenvalue weighted by Crippen LogP contribution is 2.38. The molecule has 2 amide bonds. The summed E-state index contributed by atoms with van der Waals surface area (Å²) in [6, 6.07) is 10.7. The number of rotatable bonds is 7. The minimum absolute atomic E-state index is 0.127. The van der Waals surface area contributed by atoms with Gasteiger partial charge in [-0.25, -0.2) is 0 Å². The van der Waals surface area contributed by atoms with Crippen molar-refractivity contribution in [2.75, 3.05) is 31.0 Å². The number of carbonyl (C=O) groups is 2. The van der Waals surface area contributed by atoms with Crippen LogP contribution in [0.3, 0.4) is 0 Å². The van der Waals surface area contributed by atoms with E-state index >= 15 is 0 Å². The maximum absolute atomic E-state index is 12.3. The summed E-state index contributed by atoms with van der Waals surface area (Å²) in [6.45, 7) is 3.54. The molecule has 0 aliphatic heterocycles. The molecule has 0 saturated heterocycles. The number of aryl methyl sites for hydroxylation is 1. The number of nitrogens with zero attached hydrogens (tertiary/aromatic N) is 1. The second-order valence-corrected chi connectivity index (χ2v) is 6.35. The number of hydrogen-bond donors (Lipinski definition) is 1. The molecule has 2 aromatic rings. The molecular formula is C20H23ClN2O4. The van der Waals surface area contributed by atoms with E-state index in [0.29, 0.717) is 22.2 Å². The van der Waals surface area contributed by atoms with Gasteiger partial charge in [-0.3, -0.25) is 9.59 Å². The lowest BCUT2D eigenvalue weighted by atomic mass is 10.2. The summed E-state index contributed by atoms with van der Waals surface area (Å²) in [5.74, 6) is 0.440. The number of amides is 2. The first-order valence-corrected chi connectivity index (χ1v) is 8.80. The lowest BCUT2D eigenvalue weighted by Crippen LogP contribution is -2.32. The summed E-state index contributed by atoms with van der Waals surface area (Å²) in [5, 5.41) is 3.24. The smallest absolute Gasteiger partial charge is 0.226 e. The van der Waals surface area contributed by atoms with Crippen molar-refractivity contribution in [3.63, 3.8) is 0 Å². The molecule has 0 heterocycles. The molecule has 1 N–H and O–H groups in total. The highest BCUT2D eigenvalue weighted by Gasteiger charge is 2.20. The molecule has 0 radical (unpaired) electrons. The van der Waals surface area contributed by atoms with E-state index in [1.165, 1.54) is 26.0 Å². The van der Waals surface area contributed by atoms with Crippen molar-refractivity contribution in [1.82, 2.24) is 0 Å². The van der Waals surface area contributed by atoms with Gasteiger partial charge in [-0.05, 0) is 18.6 Å². The Balaban J connectivity index is 2.18. The van der Waals surface area contributed by atoms with E-state index in [1.807, 2.05) is 31.2 Å². The van der Waals surface area contributed by atoms with E-state index in [-0.39, 0.29) is 24.8 Å². The van der Waals surface area contributed by atoms with E-state index in [9.17, 15) is 9.59 Å². The quantitative estimate of drug-likeness (QED) is 0.774. The standard InChI is InChI=1S/C20H23ClN2O4/c1-13-7-5-6-8-16(13)22-20(25)9-10-23(14(2)24)17-12-18(26-3)15(21)11-19(17)27-4/h5-8,11-12H,9-10H2,1-4H3,(H,22,25). The summed E-state index contributed by atoms with van der Waals surface area (Å²) in [6.07, 6.45) is 0.127. The fourth-order valence-electron chi connectivity index (χ4n) is 2.64. The van der Waals surface area contributed by atoms with Gasteiger partial charge in [-0.1, -0.05) is 29.8 Å². The van der Waals surface area contributed by atoms with Crippen molar-refractivity contribution in [2.45, 2.75) is 20.3 Å². The molecule has 6 nitrogen and oxygen atoms in total. The zero-order chi connectivity index (χ0) is 20.0. The van der Waals surface area contributed by atoms with Crippen LogP contribution < -0.4 is 19.7 Å². The summed E-state index contributed by atoms with van der Waals surface area (Å²) in [4.78, 5) is 26.0. The van der Waals surface area contributed by atoms with Crippen LogP contribution in [0.4, 0.5) is 11.4 Å². The van der Waals surface area contributed by atoms with Crippen LogP contribution in [0.15, 0.2) is 36.4 Å². The van der Waals surface area contributed by atoms with Gasteiger partial charge in [-0.2, -0.15) is 0 Å². The van der Waals surface area contributed by atoms with E-state index in [1.54, 1.807) is 12.1 Å². The maximum atomic E-state index is 12.3. The Hall–Kier alpha value is -2.73. The van der Waals surface area contributed by atoms with Crippen molar-refractivity contribution < 1.29 is 19.1 Å². The fourth-order valence-corrected chi connectivity index (χ4v) is 2.87.